The van der Waals surface area contributed by atoms with Gasteiger partial charge in [0.2, 0.25) is 0 Å². The van der Waals surface area contributed by atoms with Crippen LogP contribution in [0.3, 0.4) is 0 Å². The first kappa shape index (κ1) is 12.4. The predicted octanol–water partition coefficient (Wildman–Crippen LogP) is 3.52. The van der Waals surface area contributed by atoms with Gasteiger partial charge < -0.3 is 4.98 Å². The zero-order chi connectivity index (χ0) is 12.7. The summed E-state index contributed by atoms with van der Waals surface area (Å²) >= 11 is 3.29. The smallest absolute Gasteiger partial charge is 0.265 e. The molecule has 18 heavy (non-hydrogen) atoms. The van der Waals surface area contributed by atoms with E-state index >= 15 is 0 Å². The fourth-order valence-corrected chi connectivity index (χ4v) is 3.37. The first-order valence-electron chi connectivity index (χ1n) is 6.93. The van der Waals surface area contributed by atoms with Gasteiger partial charge in [0.1, 0.15) is 10.3 Å². The molecule has 1 aromatic rings. The molecule has 3 rings (SSSR count). The van der Waals surface area contributed by atoms with Crippen LogP contribution in [0.4, 0.5) is 0 Å². The van der Waals surface area contributed by atoms with Crippen LogP contribution in [-0.2, 0) is 0 Å². The van der Waals surface area contributed by atoms with Gasteiger partial charge in [0, 0.05) is 5.92 Å². The van der Waals surface area contributed by atoms with Gasteiger partial charge in [0.05, 0.1) is 5.69 Å². The van der Waals surface area contributed by atoms with Crippen LogP contribution >= 0.6 is 15.9 Å². The number of rotatable bonds is 3. The molecule has 3 nitrogen and oxygen atoms in total. The highest BCUT2D eigenvalue weighted by atomic mass is 79.9. The number of hydrogen-bond acceptors (Lipinski definition) is 2. The van der Waals surface area contributed by atoms with Gasteiger partial charge in [0.25, 0.3) is 5.56 Å². The average molecular weight is 311 g/mol. The number of nitrogens with one attached hydrogen (secondary N) is 1. The van der Waals surface area contributed by atoms with Gasteiger partial charge in [-0.15, -0.1) is 0 Å². The van der Waals surface area contributed by atoms with E-state index in [9.17, 15) is 4.79 Å². The zero-order valence-corrected chi connectivity index (χ0v) is 12.3. The lowest BCUT2D eigenvalue weighted by Gasteiger charge is -2.41. The van der Waals surface area contributed by atoms with E-state index in [2.05, 4.69) is 25.9 Å². The number of aryl methyl sites for hydroxylation is 1. The van der Waals surface area contributed by atoms with Crippen molar-refractivity contribution in [1.82, 2.24) is 9.97 Å². The molecule has 98 valence electrons. The number of H-pyrrole nitrogens is 1. The lowest BCUT2D eigenvalue weighted by molar-refractivity contribution is 0.143. The lowest BCUT2D eigenvalue weighted by Crippen LogP contribution is -2.33. The fraction of sp³-hybridized carbons (Fsp3) is 0.714. The summed E-state index contributed by atoms with van der Waals surface area (Å²) in [6.45, 7) is 1.90. The molecule has 2 saturated carbocycles. The van der Waals surface area contributed by atoms with E-state index in [4.69, 9.17) is 0 Å². The molecular formula is C14H19BrN2O. The largest absolute Gasteiger partial charge is 0.309 e. The Bertz CT molecular complexity index is 489. The lowest BCUT2D eigenvalue weighted by atomic mass is 9.64. The van der Waals surface area contributed by atoms with Crippen LogP contribution in [-0.4, -0.2) is 9.97 Å². The topological polar surface area (TPSA) is 45.8 Å². The van der Waals surface area contributed by atoms with E-state index in [0.29, 0.717) is 10.4 Å². The maximum atomic E-state index is 11.9. The van der Waals surface area contributed by atoms with Crippen molar-refractivity contribution < 1.29 is 0 Å². The van der Waals surface area contributed by atoms with Crippen LogP contribution < -0.4 is 5.56 Å². The van der Waals surface area contributed by atoms with Crippen molar-refractivity contribution in [3.8, 4) is 0 Å². The van der Waals surface area contributed by atoms with Crippen molar-refractivity contribution in [3.63, 3.8) is 0 Å². The van der Waals surface area contributed by atoms with Crippen molar-refractivity contribution in [2.75, 3.05) is 0 Å². The van der Waals surface area contributed by atoms with Gasteiger partial charge in [-0.2, -0.15) is 0 Å². The summed E-state index contributed by atoms with van der Waals surface area (Å²) in [5, 5.41) is 0. The third kappa shape index (κ3) is 2.04. The molecule has 0 aromatic carbocycles. The minimum atomic E-state index is -0.0267. The van der Waals surface area contributed by atoms with Crippen molar-refractivity contribution in [1.29, 1.82) is 0 Å². The van der Waals surface area contributed by atoms with Crippen LogP contribution in [0.1, 0.15) is 56.0 Å². The molecule has 0 spiro atoms. The molecule has 0 aliphatic heterocycles. The Morgan fingerprint density at radius 3 is 2.17 bits per heavy atom. The Hall–Kier alpha value is -0.640. The highest BCUT2D eigenvalue weighted by Crippen LogP contribution is 2.48. The monoisotopic (exact) mass is 310 g/mol. The van der Waals surface area contributed by atoms with Gasteiger partial charge >= 0.3 is 0 Å². The van der Waals surface area contributed by atoms with Crippen molar-refractivity contribution in [3.05, 3.63) is 26.3 Å². The van der Waals surface area contributed by atoms with E-state index in [1.807, 2.05) is 6.92 Å². The average Bonchev–Trinajstić information content (AvgIpc) is 2.19. The van der Waals surface area contributed by atoms with Gasteiger partial charge in [-0.3, -0.25) is 4.79 Å². The fourth-order valence-electron chi connectivity index (χ4n) is 3.18. The van der Waals surface area contributed by atoms with E-state index in [-0.39, 0.29) is 5.56 Å². The number of aromatic amines is 1. The first-order valence-corrected chi connectivity index (χ1v) is 7.72. The van der Waals surface area contributed by atoms with E-state index in [1.165, 1.54) is 38.5 Å². The maximum absolute atomic E-state index is 11.9. The molecule has 2 aliphatic carbocycles. The Labute approximate surface area is 116 Å². The summed E-state index contributed by atoms with van der Waals surface area (Å²) in [6.07, 6.45) is 7.90. The Morgan fingerprint density at radius 2 is 1.78 bits per heavy atom. The molecule has 0 amide bonds. The molecule has 0 unspecified atom stereocenters. The molecule has 2 fully saturated rings. The summed E-state index contributed by atoms with van der Waals surface area (Å²) in [7, 11) is 0. The zero-order valence-electron chi connectivity index (χ0n) is 10.7. The third-order valence-electron chi connectivity index (χ3n) is 4.68. The second-order valence-electron chi connectivity index (χ2n) is 5.76. The molecular weight excluding hydrogens is 292 g/mol. The predicted molar refractivity (Wildman–Crippen MR) is 74.7 cm³/mol. The molecule has 1 heterocycles. The minimum Gasteiger partial charge on any atom is -0.309 e. The van der Waals surface area contributed by atoms with Gasteiger partial charge in [0.15, 0.2) is 0 Å². The highest BCUT2D eigenvalue weighted by Gasteiger charge is 2.38. The number of hydrogen-bond donors (Lipinski definition) is 1. The summed E-state index contributed by atoms with van der Waals surface area (Å²) in [5.74, 6) is 2.93. The molecule has 1 aromatic heterocycles. The van der Waals surface area contributed by atoms with E-state index in [0.717, 1.165) is 23.4 Å². The summed E-state index contributed by atoms with van der Waals surface area (Å²) in [5.41, 5.74) is 0.790. The molecule has 0 atom stereocenters. The van der Waals surface area contributed by atoms with Gasteiger partial charge in [-0.25, -0.2) is 4.98 Å². The second kappa shape index (κ2) is 4.80. The Balaban J connectivity index is 1.96. The minimum absolute atomic E-state index is 0.0267. The molecule has 4 heteroatoms. The maximum Gasteiger partial charge on any atom is 0.265 e. The van der Waals surface area contributed by atoms with E-state index < -0.39 is 0 Å². The molecule has 0 radical (unpaired) electrons. The van der Waals surface area contributed by atoms with Crippen LogP contribution in [0.5, 0.6) is 0 Å². The SMILES string of the molecule is Cc1nc(C(C2CCC2)C2CCC2)[nH]c(=O)c1Br. The summed E-state index contributed by atoms with van der Waals surface area (Å²) in [4.78, 5) is 19.5. The first-order chi connectivity index (χ1) is 8.66. The molecule has 2 aliphatic rings. The van der Waals surface area contributed by atoms with Crippen LogP contribution in [0.2, 0.25) is 0 Å². The quantitative estimate of drug-likeness (QED) is 0.928. The number of halogens is 1. The van der Waals surface area contributed by atoms with Gasteiger partial charge in [-0.05, 0) is 60.4 Å². The Kier molecular flexibility index (Phi) is 3.31. The molecule has 0 saturated heterocycles. The van der Waals surface area contributed by atoms with Crippen LogP contribution in [0.25, 0.3) is 0 Å². The van der Waals surface area contributed by atoms with E-state index in [1.54, 1.807) is 0 Å². The van der Waals surface area contributed by atoms with Crippen molar-refractivity contribution in [2.45, 2.75) is 51.4 Å². The second-order valence-corrected chi connectivity index (χ2v) is 6.55. The molecule has 1 N–H and O–H groups in total. The third-order valence-corrected chi connectivity index (χ3v) is 5.61. The van der Waals surface area contributed by atoms with Crippen LogP contribution in [0, 0.1) is 18.8 Å². The van der Waals surface area contributed by atoms with Crippen molar-refractivity contribution >= 4 is 15.9 Å². The van der Waals surface area contributed by atoms with Crippen LogP contribution in [0.15, 0.2) is 9.27 Å². The normalized spacial score (nSPS) is 20.8. The highest BCUT2D eigenvalue weighted by molar-refractivity contribution is 9.10. The Morgan fingerprint density at radius 1 is 1.22 bits per heavy atom. The standard InChI is InChI=1S/C14H19BrN2O/c1-8-12(15)14(18)17-13(16-8)11(9-4-2-5-9)10-6-3-7-10/h9-11H,2-7H2,1H3,(H,16,17,18). The van der Waals surface area contributed by atoms with Gasteiger partial charge in [-0.1, -0.05) is 12.8 Å². The summed E-state index contributed by atoms with van der Waals surface area (Å²) in [6, 6.07) is 0. The summed E-state index contributed by atoms with van der Waals surface area (Å²) < 4.78 is 0.576. The molecule has 0 bridgehead atoms. The number of nitrogens with zero attached hydrogens (tertiary/aromatic N) is 1. The number of aromatic nitrogens is 2. The van der Waals surface area contributed by atoms with Crippen molar-refractivity contribution in [2.24, 2.45) is 11.8 Å².